The second kappa shape index (κ2) is 7.63. The van der Waals surface area contributed by atoms with Crippen molar-refractivity contribution in [3.05, 3.63) is 34.1 Å². The quantitative estimate of drug-likeness (QED) is 0.866. The summed E-state index contributed by atoms with van der Waals surface area (Å²) in [5.41, 5.74) is 6.34. The molecule has 0 heterocycles. The van der Waals surface area contributed by atoms with Gasteiger partial charge >= 0.3 is 5.97 Å². The molecule has 1 atom stereocenters. The minimum Gasteiger partial charge on any atom is -0.466 e. The molecule has 1 rings (SSSR count). The van der Waals surface area contributed by atoms with Crippen molar-refractivity contribution in [3.8, 4) is 0 Å². The number of esters is 1. The van der Waals surface area contributed by atoms with E-state index in [0.717, 1.165) is 0 Å². The fourth-order valence-corrected chi connectivity index (χ4v) is 1.51. The summed E-state index contributed by atoms with van der Waals surface area (Å²) < 4.78 is 18.3. The first-order valence-corrected chi connectivity index (χ1v) is 5.70. The van der Waals surface area contributed by atoms with E-state index in [2.05, 4.69) is 15.9 Å². The minimum atomic E-state index is -0.540. The SMILES string of the molecule is CCOC(=O)C[C@@H](N)c1ccc(Br)c(F)c1.Cl. The van der Waals surface area contributed by atoms with E-state index in [0.29, 0.717) is 16.6 Å². The van der Waals surface area contributed by atoms with Gasteiger partial charge in [0.15, 0.2) is 0 Å². The molecule has 17 heavy (non-hydrogen) atoms. The number of nitrogens with two attached hydrogens (primary N) is 1. The topological polar surface area (TPSA) is 52.3 Å². The Morgan fingerprint density at radius 1 is 1.59 bits per heavy atom. The van der Waals surface area contributed by atoms with Gasteiger partial charge in [0.1, 0.15) is 5.82 Å². The molecular formula is C11H14BrClFNO2. The van der Waals surface area contributed by atoms with Gasteiger partial charge in [-0.15, -0.1) is 12.4 Å². The second-order valence-electron chi connectivity index (χ2n) is 3.29. The number of rotatable bonds is 4. The van der Waals surface area contributed by atoms with Gasteiger partial charge in [0.2, 0.25) is 0 Å². The van der Waals surface area contributed by atoms with E-state index >= 15 is 0 Å². The van der Waals surface area contributed by atoms with Gasteiger partial charge in [0, 0.05) is 6.04 Å². The third-order valence-corrected chi connectivity index (χ3v) is 2.71. The zero-order valence-corrected chi connectivity index (χ0v) is 11.7. The van der Waals surface area contributed by atoms with Gasteiger partial charge < -0.3 is 10.5 Å². The standard InChI is InChI=1S/C11H13BrFNO2.ClH/c1-2-16-11(15)6-10(14)7-3-4-8(12)9(13)5-7;/h3-5,10H,2,6,14H2,1H3;1H/t10-;/m1./s1. The van der Waals surface area contributed by atoms with Crippen LogP contribution < -0.4 is 5.73 Å². The maximum atomic E-state index is 13.2. The number of carbonyl (C=O) groups excluding carboxylic acids is 1. The normalized spacial score (nSPS) is 11.5. The zero-order valence-electron chi connectivity index (χ0n) is 9.28. The van der Waals surface area contributed by atoms with Gasteiger partial charge in [0.25, 0.3) is 0 Å². The Hall–Kier alpha value is -0.650. The van der Waals surface area contributed by atoms with Gasteiger partial charge in [0.05, 0.1) is 17.5 Å². The predicted octanol–water partition coefficient (Wildman–Crippen LogP) is 2.96. The van der Waals surface area contributed by atoms with Crippen molar-refractivity contribution in [1.82, 2.24) is 0 Å². The van der Waals surface area contributed by atoms with Crippen molar-refractivity contribution in [2.45, 2.75) is 19.4 Å². The molecule has 0 aromatic heterocycles. The Balaban J connectivity index is 0.00000256. The summed E-state index contributed by atoms with van der Waals surface area (Å²) in [6, 6.07) is 4.02. The van der Waals surface area contributed by atoms with Crippen molar-refractivity contribution >= 4 is 34.3 Å². The molecule has 0 saturated carbocycles. The Labute approximate surface area is 114 Å². The Kier molecular flexibility index (Phi) is 7.34. The zero-order chi connectivity index (χ0) is 12.1. The molecule has 96 valence electrons. The number of benzene rings is 1. The molecule has 0 bridgehead atoms. The first-order chi connectivity index (χ1) is 7.54. The van der Waals surface area contributed by atoms with Crippen LogP contribution in [0.2, 0.25) is 0 Å². The molecule has 0 unspecified atom stereocenters. The molecule has 1 aromatic rings. The highest BCUT2D eigenvalue weighted by molar-refractivity contribution is 9.10. The number of halogens is 3. The van der Waals surface area contributed by atoms with Gasteiger partial charge in [-0.2, -0.15) is 0 Å². The molecule has 0 spiro atoms. The predicted molar refractivity (Wildman–Crippen MR) is 69.5 cm³/mol. The van der Waals surface area contributed by atoms with Crippen molar-refractivity contribution in [3.63, 3.8) is 0 Å². The summed E-state index contributed by atoms with van der Waals surface area (Å²) in [6.45, 7) is 2.04. The molecule has 0 fully saturated rings. The van der Waals surface area contributed by atoms with E-state index in [4.69, 9.17) is 10.5 Å². The fourth-order valence-electron chi connectivity index (χ4n) is 1.26. The van der Waals surface area contributed by atoms with E-state index in [9.17, 15) is 9.18 Å². The van der Waals surface area contributed by atoms with E-state index in [-0.39, 0.29) is 24.8 Å². The van der Waals surface area contributed by atoms with Gasteiger partial charge in [-0.1, -0.05) is 6.07 Å². The van der Waals surface area contributed by atoms with Crippen LogP contribution in [0, 0.1) is 5.82 Å². The fraction of sp³-hybridized carbons (Fsp3) is 0.364. The lowest BCUT2D eigenvalue weighted by Gasteiger charge is -2.11. The highest BCUT2D eigenvalue weighted by Gasteiger charge is 2.13. The van der Waals surface area contributed by atoms with Crippen molar-refractivity contribution in [1.29, 1.82) is 0 Å². The molecule has 2 N–H and O–H groups in total. The maximum Gasteiger partial charge on any atom is 0.307 e. The summed E-state index contributed by atoms with van der Waals surface area (Å²) in [5, 5.41) is 0. The van der Waals surface area contributed by atoms with E-state index in [1.165, 1.54) is 6.07 Å². The lowest BCUT2D eigenvalue weighted by Crippen LogP contribution is -2.17. The molecule has 0 aliphatic carbocycles. The van der Waals surface area contributed by atoms with Crippen molar-refractivity contribution in [2.75, 3.05) is 6.61 Å². The maximum absolute atomic E-state index is 13.2. The average Bonchev–Trinajstić information content (AvgIpc) is 2.22. The lowest BCUT2D eigenvalue weighted by molar-refractivity contribution is -0.143. The van der Waals surface area contributed by atoms with E-state index in [1.807, 2.05) is 0 Å². The van der Waals surface area contributed by atoms with Crippen LogP contribution in [0.1, 0.15) is 24.9 Å². The summed E-state index contributed by atoms with van der Waals surface area (Å²) in [6.07, 6.45) is 0.0505. The molecule has 0 aliphatic heterocycles. The summed E-state index contributed by atoms with van der Waals surface area (Å²) in [5.74, 6) is -0.768. The molecule has 0 saturated heterocycles. The van der Waals surface area contributed by atoms with Crippen LogP contribution in [0.4, 0.5) is 4.39 Å². The molecule has 6 heteroatoms. The van der Waals surface area contributed by atoms with Crippen LogP contribution in [0.15, 0.2) is 22.7 Å². The van der Waals surface area contributed by atoms with Crippen LogP contribution in [-0.2, 0) is 9.53 Å². The Bertz CT molecular complexity index is 390. The number of hydrogen-bond acceptors (Lipinski definition) is 3. The second-order valence-corrected chi connectivity index (χ2v) is 4.14. The molecule has 1 aromatic carbocycles. The van der Waals surface area contributed by atoms with E-state index < -0.39 is 11.9 Å². The lowest BCUT2D eigenvalue weighted by atomic mass is 10.0. The van der Waals surface area contributed by atoms with Crippen LogP contribution >= 0.6 is 28.3 Å². The summed E-state index contributed by atoms with van der Waals surface area (Å²) in [4.78, 5) is 11.2. The van der Waals surface area contributed by atoms with Crippen LogP contribution in [0.5, 0.6) is 0 Å². The summed E-state index contributed by atoms with van der Waals surface area (Å²) in [7, 11) is 0. The van der Waals surface area contributed by atoms with Crippen molar-refractivity contribution < 1.29 is 13.9 Å². The molecule has 0 aliphatic rings. The average molecular weight is 327 g/mol. The monoisotopic (exact) mass is 325 g/mol. The first-order valence-electron chi connectivity index (χ1n) is 4.90. The highest BCUT2D eigenvalue weighted by atomic mass is 79.9. The van der Waals surface area contributed by atoms with Crippen LogP contribution in [0.3, 0.4) is 0 Å². The first kappa shape index (κ1) is 16.4. The molecule has 3 nitrogen and oxygen atoms in total. The Morgan fingerprint density at radius 2 is 2.24 bits per heavy atom. The van der Waals surface area contributed by atoms with Gasteiger partial charge in [-0.05, 0) is 40.5 Å². The highest BCUT2D eigenvalue weighted by Crippen LogP contribution is 2.21. The Morgan fingerprint density at radius 3 is 2.76 bits per heavy atom. The third-order valence-electron chi connectivity index (χ3n) is 2.06. The van der Waals surface area contributed by atoms with Gasteiger partial charge in [-0.3, -0.25) is 4.79 Å². The minimum absolute atomic E-state index is 0. The smallest absolute Gasteiger partial charge is 0.307 e. The summed E-state index contributed by atoms with van der Waals surface area (Å²) >= 11 is 3.05. The number of carbonyl (C=O) groups is 1. The molecule has 0 amide bonds. The van der Waals surface area contributed by atoms with Gasteiger partial charge in [-0.25, -0.2) is 4.39 Å². The largest absolute Gasteiger partial charge is 0.466 e. The molecular weight excluding hydrogens is 312 g/mol. The third kappa shape index (κ3) is 5.02. The van der Waals surface area contributed by atoms with Crippen molar-refractivity contribution in [2.24, 2.45) is 5.73 Å². The molecule has 0 radical (unpaired) electrons. The number of ether oxygens (including phenoxy) is 1. The van der Waals surface area contributed by atoms with Crippen LogP contribution in [-0.4, -0.2) is 12.6 Å². The van der Waals surface area contributed by atoms with Crippen LogP contribution in [0.25, 0.3) is 0 Å². The van der Waals surface area contributed by atoms with E-state index in [1.54, 1.807) is 19.1 Å². The number of hydrogen-bond donors (Lipinski definition) is 1.